The number of ether oxygens (including phenoxy) is 1. The van der Waals surface area contributed by atoms with E-state index in [9.17, 15) is 9.90 Å². The minimum atomic E-state index is -0.313. The summed E-state index contributed by atoms with van der Waals surface area (Å²) in [6, 6.07) is 16.2. The number of para-hydroxylation sites is 2. The van der Waals surface area contributed by atoms with Crippen molar-refractivity contribution >= 4 is 55.4 Å². The molecule has 5 heterocycles. The van der Waals surface area contributed by atoms with E-state index in [0.29, 0.717) is 17.5 Å². The van der Waals surface area contributed by atoms with Crippen LogP contribution in [0.1, 0.15) is 34.8 Å². The smallest absolute Gasteiger partial charge is 0.258 e. The molecule has 3 aromatic carbocycles. The van der Waals surface area contributed by atoms with Crippen LogP contribution in [0.25, 0.3) is 43.6 Å². The van der Waals surface area contributed by atoms with Crippen LogP contribution in [0.15, 0.2) is 48.5 Å². The Balaban J connectivity index is 1.78. The van der Waals surface area contributed by atoms with Crippen molar-refractivity contribution in [2.24, 2.45) is 5.92 Å². The van der Waals surface area contributed by atoms with Gasteiger partial charge < -0.3 is 24.3 Å². The van der Waals surface area contributed by atoms with Crippen molar-refractivity contribution in [3.05, 3.63) is 59.7 Å². The summed E-state index contributed by atoms with van der Waals surface area (Å²) >= 11 is 0. The molecule has 8 rings (SSSR count). The summed E-state index contributed by atoms with van der Waals surface area (Å²) < 4.78 is 11.0. The van der Waals surface area contributed by atoms with Gasteiger partial charge in [-0.15, -0.1) is 0 Å². The van der Waals surface area contributed by atoms with Crippen LogP contribution >= 0.6 is 0 Å². The number of carbonyl (C=O) groups excluding carboxylic acids is 1. The Kier molecular flexibility index (Phi) is 2.85. The van der Waals surface area contributed by atoms with E-state index in [-0.39, 0.29) is 36.7 Å². The number of aromatic nitrogens is 2. The molecule has 0 aliphatic carbocycles. The Labute approximate surface area is 181 Å². The number of rotatable bonds is 1. The van der Waals surface area contributed by atoms with Crippen molar-refractivity contribution in [1.29, 1.82) is 5.41 Å². The molecule has 1 unspecified atom stereocenters. The molecule has 1 amide bonds. The molecule has 5 aromatic rings. The van der Waals surface area contributed by atoms with E-state index in [1.54, 1.807) is 0 Å². The second kappa shape index (κ2) is 5.38. The predicted molar refractivity (Wildman–Crippen MR) is 121 cm³/mol. The normalized spacial score (nSPS) is 23.7. The number of carbonyl (C=O) groups is 1. The van der Waals surface area contributed by atoms with E-state index in [2.05, 4.69) is 26.6 Å². The molecular formula is C25H18N4O3. The van der Waals surface area contributed by atoms with Crippen LogP contribution in [0.2, 0.25) is 0 Å². The third-order valence-corrected chi connectivity index (χ3v) is 7.49. The predicted octanol–water partition coefficient (Wildman–Crippen LogP) is 4.01. The summed E-state index contributed by atoms with van der Waals surface area (Å²) in [4.78, 5) is 13.2. The number of hydrogen-bond donors (Lipinski definition) is 3. The van der Waals surface area contributed by atoms with Crippen molar-refractivity contribution in [3.8, 4) is 0 Å². The summed E-state index contributed by atoms with van der Waals surface area (Å²) in [6.45, 7) is 0.0354. The minimum absolute atomic E-state index is 0.0354. The summed E-state index contributed by atoms with van der Waals surface area (Å²) in [7, 11) is 0. The van der Waals surface area contributed by atoms with Gasteiger partial charge in [-0.25, -0.2) is 0 Å². The van der Waals surface area contributed by atoms with Crippen molar-refractivity contribution in [2.75, 3.05) is 6.61 Å². The molecule has 3 aliphatic heterocycles. The lowest BCUT2D eigenvalue weighted by Gasteiger charge is -2.20. The average molecular weight is 422 g/mol. The Morgan fingerprint density at radius 1 is 0.969 bits per heavy atom. The fourth-order valence-corrected chi connectivity index (χ4v) is 6.33. The van der Waals surface area contributed by atoms with Crippen molar-refractivity contribution in [3.63, 3.8) is 0 Å². The third kappa shape index (κ3) is 1.68. The first-order valence-corrected chi connectivity index (χ1v) is 10.9. The maximum absolute atomic E-state index is 13.2. The summed E-state index contributed by atoms with van der Waals surface area (Å²) in [5, 5.41) is 25.4. The van der Waals surface area contributed by atoms with Crippen LogP contribution in [0.5, 0.6) is 0 Å². The lowest BCUT2D eigenvalue weighted by Crippen LogP contribution is -2.20. The maximum Gasteiger partial charge on any atom is 0.258 e. The second-order valence-corrected chi connectivity index (χ2v) is 8.96. The minimum Gasteiger partial charge on any atom is -0.396 e. The molecule has 3 atom stereocenters. The van der Waals surface area contributed by atoms with E-state index < -0.39 is 0 Å². The van der Waals surface area contributed by atoms with Gasteiger partial charge in [0.25, 0.3) is 5.91 Å². The van der Waals surface area contributed by atoms with Gasteiger partial charge in [0.2, 0.25) is 0 Å². The van der Waals surface area contributed by atoms with Crippen LogP contribution in [0.3, 0.4) is 0 Å². The van der Waals surface area contributed by atoms with E-state index >= 15 is 0 Å². The quantitative estimate of drug-likeness (QED) is 0.381. The average Bonchev–Trinajstić information content (AvgIpc) is 3.50. The largest absolute Gasteiger partial charge is 0.396 e. The molecule has 3 N–H and O–H groups in total. The first kappa shape index (κ1) is 16.9. The van der Waals surface area contributed by atoms with E-state index in [1.165, 1.54) is 0 Å². The SMILES string of the molecule is N=C1NC(=O)c2c1c1c3ccccc3n3c1c1c2c2ccccc2n1[C@@H]1CC(CO)[C@H]3O1. The topological polar surface area (TPSA) is 92.3 Å². The standard InChI is InChI=1S/C25H18N4O3/c26-23-19-17-13-6-2-4-8-15(13)29-22(17)21-18(20(19)24(31)27-23)12-5-1-3-7-14(12)28(21)16-9-11(10-30)25(29)32-16/h1-8,11,16,25,30H,9-10H2,(H2,26,27,31)/t11?,16-,25+/m0/s1. The Morgan fingerprint density at radius 3 is 2.31 bits per heavy atom. The van der Waals surface area contributed by atoms with Gasteiger partial charge >= 0.3 is 0 Å². The van der Waals surface area contributed by atoms with E-state index in [1.807, 2.05) is 36.4 Å². The summed E-state index contributed by atoms with van der Waals surface area (Å²) in [5.74, 6) is -0.133. The van der Waals surface area contributed by atoms with Gasteiger partial charge in [-0.05, 0) is 12.1 Å². The molecule has 32 heavy (non-hydrogen) atoms. The number of nitrogens with zero attached hydrogens (tertiary/aromatic N) is 2. The molecule has 156 valence electrons. The third-order valence-electron chi connectivity index (χ3n) is 7.49. The van der Waals surface area contributed by atoms with Crippen LogP contribution in [0, 0.1) is 11.3 Å². The number of amidine groups is 1. The number of benzene rings is 3. The van der Waals surface area contributed by atoms with Gasteiger partial charge in [0.1, 0.15) is 18.3 Å². The van der Waals surface area contributed by atoms with Gasteiger partial charge in [-0.1, -0.05) is 36.4 Å². The van der Waals surface area contributed by atoms with Gasteiger partial charge in [0.05, 0.1) is 34.2 Å². The van der Waals surface area contributed by atoms with Crippen LogP contribution in [-0.4, -0.2) is 32.6 Å². The highest BCUT2D eigenvalue weighted by Gasteiger charge is 2.45. The Bertz CT molecular complexity index is 1710. The lowest BCUT2D eigenvalue weighted by atomic mass is 9.96. The van der Waals surface area contributed by atoms with Crippen LogP contribution in [-0.2, 0) is 4.74 Å². The molecule has 3 aliphatic rings. The van der Waals surface area contributed by atoms with E-state index in [0.717, 1.165) is 43.6 Å². The number of nitrogens with one attached hydrogen (secondary N) is 2. The van der Waals surface area contributed by atoms with Crippen LogP contribution in [0.4, 0.5) is 0 Å². The Hall–Kier alpha value is -3.68. The molecule has 0 radical (unpaired) electrons. The van der Waals surface area contributed by atoms with Gasteiger partial charge in [0, 0.05) is 39.4 Å². The zero-order valence-electron chi connectivity index (χ0n) is 16.9. The highest BCUT2D eigenvalue weighted by Crippen LogP contribution is 2.53. The Morgan fingerprint density at radius 2 is 1.59 bits per heavy atom. The zero-order valence-corrected chi connectivity index (χ0v) is 16.9. The molecule has 2 bridgehead atoms. The molecule has 7 nitrogen and oxygen atoms in total. The monoisotopic (exact) mass is 422 g/mol. The second-order valence-electron chi connectivity index (χ2n) is 8.96. The first-order chi connectivity index (χ1) is 15.7. The van der Waals surface area contributed by atoms with Crippen LogP contribution < -0.4 is 5.32 Å². The highest BCUT2D eigenvalue weighted by atomic mass is 16.5. The summed E-state index contributed by atoms with van der Waals surface area (Å²) in [6.07, 6.45) is 0.150. The molecule has 1 saturated heterocycles. The lowest BCUT2D eigenvalue weighted by molar-refractivity contribution is -0.0385. The zero-order chi connectivity index (χ0) is 21.3. The van der Waals surface area contributed by atoms with Gasteiger partial charge in [-0.2, -0.15) is 0 Å². The maximum atomic E-state index is 13.2. The number of aliphatic hydroxyl groups is 1. The molecule has 1 fully saturated rings. The molecular weight excluding hydrogens is 404 g/mol. The van der Waals surface area contributed by atoms with Crippen molar-refractivity contribution in [2.45, 2.75) is 18.9 Å². The number of hydrogen-bond acceptors (Lipinski definition) is 4. The molecule has 0 saturated carbocycles. The number of amides is 1. The van der Waals surface area contributed by atoms with E-state index in [4.69, 9.17) is 10.1 Å². The highest BCUT2D eigenvalue weighted by molar-refractivity contribution is 6.40. The summed E-state index contributed by atoms with van der Waals surface area (Å²) in [5.41, 5.74) is 5.19. The molecule has 7 heteroatoms. The number of aliphatic hydroxyl groups excluding tert-OH is 1. The fourth-order valence-electron chi connectivity index (χ4n) is 6.33. The van der Waals surface area contributed by atoms with Gasteiger partial charge in [0.15, 0.2) is 0 Å². The fraction of sp³-hybridized carbons (Fsp3) is 0.200. The molecule has 2 aromatic heterocycles. The first-order valence-electron chi connectivity index (χ1n) is 10.9. The van der Waals surface area contributed by atoms with Gasteiger partial charge in [-0.3, -0.25) is 10.2 Å². The molecule has 0 spiro atoms. The van der Waals surface area contributed by atoms with Crippen molar-refractivity contribution < 1.29 is 14.6 Å². The van der Waals surface area contributed by atoms with Crippen molar-refractivity contribution in [1.82, 2.24) is 14.5 Å². The number of fused-ring (bicyclic) bond motifs is 13.